The van der Waals surface area contributed by atoms with Gasteiger partial charge in [0.2, 0.25) is 0 Å². The van der Waals surface area contributed by atoms with Crippen molar-refractivity contribution in [1.29, 1.82) is 0 Å². The van der Waals surface area contributed by atoms with E-state index in [1.807, 2.05) is 19.1 Å². The van der Waals surface area contributed by atoms with Gasteiger partial charge in [0.05, 0.1) is 10.6 Å². The summed E-state index contributed by atoms with van der Waals surface area (Å²) in [6.07, 6.45) is 11.5. The summed E-state index contributed by atoms with van der Waals surface area (Å²) in [6.45, 7) is 12.6. The van der Waals surface area contributed by atoms with Crippen LogP contribution < -0.4 is 0 Å². The van der Waals surface area contributed by atoms with Crippen LogP contribution in [0.3, 0.4) is 0 Å². The molecule has 30 heavy (non-hydrogen) atoms. The molecule has 0 spiro atoms. The first-order valence-corrected chi connectivity index (χ1v) is 13.4. The third kappa shape index (κ3) is 10.6. The molecule has 0 aromatic heterocycles. The second-order valence-electron chi connectivity index (χ2n) is 8.24. The highest BCUT2D eigenvalue weighted by Crippen LogP contribution is 2.24. The zero-order valence-corrected chi connectivity index (χ0v) is 21.4. The van der Waals surface area contributed by atoms with E-state index in [0.29, 0.717) is 10.8 Å². The van der Waals surface area contributed by atoms with Gasteiger partial charge in [0.1, 0.15) is 0 Å². The Hall–Kier alpha value is -1.39. The van der Waals surface area contributed by atoms with Crippen LogP contribution in [0.25, 0.3) is 0 Å². The Bertz CT molecular complexity index is 862. The van der Waals surface area contributed by atoms with Crippen LogP contribution in [0.5, 0.6) is 0 Å². The molecule has 4 heteroatoms. The molecule has 1 rings (SSSR count). The molecule has 0 fully saturated rings. The van der Waals surface area contributed by atoms with Crippen LogP contribution in [0.2, 0.25) is 0 Å². The van der Waals surface area contributed by atoms with Crippen LogP contribution in [0, 0.1) is 5.92 Å². The molecule has 0 heterocycles. The molecule has 0 saturated carbocycles. The van der Waals surface area contributed by atoms with Gasteiger partial charge in [-0.05, 0) is 77.8 Å². The Morgan fingerprint density at radius 3 is 2.20 bits per heavy atom. The molecule has 1 aromatic rings. The predicted octanol–water partition coefficient (Wildman–Crippen LogP) is 7.84. The summed E-state index contributed by atoms with van der Waals surface area (Å²) in [5.41, 5.74) is 5.11. The van der Waals surface area contributed by atoms with Gasteiger partial charge in [0, 0.05) is 5.33 Å². The van der Waals surface area contributed by atoms with Crippen molar-refractivity contribution in [3.05, 3.63) is 77.4 Å². The first-order chi connectivity index (χ1) is 14.2. The second-order valence-corrected chi connectivity index (χ2v) is 10.8. The molecule has 0 aliphatic carbocycles. The Balaban J connectivity index is 2.58. The number of alkyl halides is 1. The van der Waals surface area contributed by atoms with Crippen LogP contribution in [-0.2, 0) is 9.84 Å². The fraction of sp³-hybridized carbons (Fsp3) is 0.462. The number of benzene rings is 1. The van der Waals surface area contributed by atoms with Crippen LogP contribution in [0.15, 0.2) is 82.3 Å². The summed E-state index contributed by atoms with van der Waals surface area (Å²) in [5.74, 6) is 0.481. The largest absolute Gasteiger partial charge is 0.223 e. The lowest BCUT2D eigenvalue weighted by molar-refractivity contribution is 0.564. The van der Waals surface area contributed by atoms with E-state index >= 15 is 0 Å². The summed E-state index contributed by atoms with van der Waals surface area (Å²) in [5, 5.41) is 0.938. The van der Waals surface area contributed by atoms with Gasteiger partial charge in [0.15, 0.2) is 9.84 Å². The predicted molar refractivity (Wildman–Crippen MR) is 135 cm³/mol. The number of rotatable bonds is 13. The highest BCUT2D eigenvalue weighted by atomic mass is 79.9. The monoisotopic (exact) mass is 492 g/mol. The molecule has 0 aliphatic heterocycles. The lowest BCUT2D eigenvalue weighted by atomic mass is 9.90. The fourth-order valence-corrected chi connectivity index (χ4v) is 4.59. The van der Waals surface area contributed by atoms with Crippen LogP contribution >= 0.6 is 15.9 Å². The minimum absolute atomic E-state index is 0.0565. The van der Waals surface area contributed by atoms with Crippen molar-refractivity contribution in [3.63, 3.8) is 0 Å². The van der Waals surface area contributed by atoms with Crippen molar-refractivity contribution < 1.29 is 8.42 Å². The van der Waals surface area contributed by atoms with Gasteiger partial charge in [-0.1, -0.05) is 81.2 Å². The molecule has 0 aliphatic rings. The second kappa shape index (κ2) is 13.8. The summed E-state index contributed by atoms with van der Waals surface area (Å²) in [7, 11) is -3.26. The molecular formula is C26H37BrO2S. The Morgan fingerprint density at radius 1 is 0.967 bits per heavy atom. The maximum absolute atomic E-state index is 12.4. The third-order valence-corrected chi connectivity index (χ3v) is 7.81. The average Bonchev–Trinajstić information content (AvgIpc) is 2.72. The van der Waals surface area contributed by atoms with E-state index in [1.54, 1.807) is 24.3 Å². The zero-order valence-electron chi connectivity index (χ0n) is 19.0. The summed E-state index contributed by atoms with van der Waals surface area (Å²) in [4.78, 5) is 0.385. The van der Waals surface area contributed by atoms with Gasteiger partial charge >= 0.3 is 0 Å². The van der Waals surface area contributed by atoms with Crippen molar-refractivity contribution in [1.82, 2.24) is 0 Å². The molecule has 2 nitrogen and oxygen atoms in total. The lowest BCUT2D eigenvalue weighted by Gasteiger charge is -2.16. The molecule has 0 saturated heterocycles. The van der Waals surface area contributed by atoms with Gasteiger partial charge in [-0.2, -0.15) is 0 Å². The van der Waals surface area contributed by atoms with Crippen LogP contribution in [-0.4, -0.2) is 19.5 Å². The topological polar surface area (TPSA) is 34.1 Å². The number of halogens is 1. The minimum Gasteiger partial charge on any atom is -0.223 e. The van der Waals surface area contributed by atoms with Gasteiger partial charge < -0.3 is 0 Å². The highest BCUT2D eigenvalue weighted by molar-refractivity contribution is 9.09. The van der Waals surface area contributed by atoms with Crippen LogP contribution in [0.1, 0.15) is 59.8 Å². The SMILES string of the molecule is C=C(C)C(C/C=C(\C)CC/C=C(\C)CBr)CC/C(C)=C/CS(=O)(=O)c1ccccc1. The van der Waals surface area contributed by atoms with Crippen molar-refractivity contribution in [2.24, 2.45) is 5.92 Å². The van der Waals surface area contributed by atoms with Crippen molar-refractivity contribution in [2.45, 2.75) is 64.7 Å². The maximum Gasteiger partial charge on any atom is 0.181 e. The van der Waals surface area contributed by atoms with E-state index in [1.165, 1.54) is 16.7 Å². The molecule has 0 amide bonds. The number of sulfone groups is 1. The van der Waals surface area contributed by atoms with E-state index in [4.69, 9.17) is 0 Å². The van der Waals surface area contributed by atoms with E-state index in [-0.39, 0.29) is 5.75 Å². The van der Waals surface area contributed by atoms with E-state index < -0.39 is 9.84 Å². The molecule has 0 bridgehead atoms. The Labute approximate surface area is 192 Å². The Kier molecular flexibility index (Phi) is 12.3. The van der Waals surface area contributed by atoms with Gasteiger partial charge in [0.25, 0.3) is 0 Å². The van der Waals surface area contributed by atoms with Crippen molar-refractivity contribution >= 4 is 25.8 Å². The number of hydrogen-bond acceptors (Lipinski definition) is 2. The van der Waals surface area contributed by atoms with Gasteiger partial charge in [-0.25, -0.2) is 8.42 Å². The molecule has 1 aromatic carbocycles. The lowest BCUT2D eigenvalue weighted by Crippen LogP contribution is -2.05. The van der Waals surface area contributed by atoms with Crippen molar-refractivity contribution in [3.8, 4) is 0 Å². The quantitative estimate of drug-likeness (QED) is 0.207. The maximum atomic E-state index is 12.4. The molecule has 0 N–H and O–H groups in total. The zero-order chi connectivity index (χ0) is 22.6. The third-order valence-electron chi connectivity index (χ3n) is 5.33. The van der Waals surface area contributed by atoms with E-state index in [0.717, 1.165) is 43.0 Å². The molecular weight excluding hydrogens is 456 g/mol. The average molecular weight is 494 g/mol. The van der Waals surface area contributed by atoms with E-state index in [2.05, 4.69) is 55.4 Å². The van der Waals surface area contributed by atoms with Crippen LogP contribution in [0.4, 0.5) is 0 Å². The normalized spacial score (nSPS) is 14.6. The summed E-state index contributed by atoms with van der Waals surface area (Å²) in [6, 6.07) is 8.66. The molecule has 1 unspecified atom stereocenters. The van der Waals surface area contributed by atoms with Gasteiger partial charge in [-0.3, -0.25) is 0 Å². The number of hydrogen-bond donors (Lipinski definition) is 0. The van der Waals surface area contributed by atoms with Crippen molar-refractivity contribution in [2.75, 3.05) is 11.1 Å². The fourth-order valence-electron chi connectivity index (χ4n) is 3.09. The minimum atomic E-state index is -3.26. The first-order valence-electron chi connectivity index (χ1n) is 10.6. The molecule has 1 atom stereocenters. The van der Waals surface area contributed by atoms with Gasteiger partial charge in [-0.15, -0.1) is 0 Å². The highest BCUT2D eigenvalue weighted by Gasteiger charge is 2.13. The summed E-state index contributed by atoms with van der Waals surface area (Å²) >= 11 is 3.48. The smallest absolute Gasteiger partial charge is 0.181 e. The first kappa shape index (κ1) is 26.6. The standard InChI is InChI=1S/C26H37BrO2S/c1-21(2)25(16-14-22(3)10-9-11-24(5)20-27)17-15-23(4)18-19-30(28,29)26-12-7-6-8-13-26/h6-8,11-14,18,25H,1,9-10,15-17,19-20H2,2-5H3/b22-14+,23-18+,24-11+. The van der Waals surface area contributed by atoms with E-state index in [9.17, 15) is 8.42 Å². The summed E-state index contributed by atoms with van der Waals surface area (Å²) < 4.78 is 24.9. The molecule has 0 radical (unpaired) electrons. The Morgan fingerprint density at radius 2 is 1.60 bits per heavy atom. The molecule has 166 valence electrons. The number of allylic oxidation sites excluding steroid dienone is 6.